The minimum Gasteiger partial charge on any atom is -0.550 e. The molecule has 0 rings (SSSR count). The minimum atomic E-state index is -1.23. The second-order valence-electron chi connectivity index (χ2n) is 1.68. The Morgan fingerprint density at radius 3 is 2.27 bits per heavy atom. The summed E-state index contributed by atoms with van der Waals surface area (Å²) in [4.78, 5) is 20.2. The topological polar surface area (TPSA) is 66.4 Å². The van der Waals surface area contributed by atoms with E-state index in [0.29, 0.717) is 0 Å². The molecule has 0 aromatic heterocycles. The van der Waals surface area contributed by atoms with E-state index in [-0.39, 0.29) is 70.8 Å². The van der Waals surface area contributed by atoms with E-state index >= 15 is 0 Å². The van der Waals surface area contributed by atoms with Crippen molar-refractivity contribution in [2.75, 3.05) is 6.61 Å². The maximum absolute atomic E-state index is 10.4. The molecule has 0 atom stereocenters. The van der Waals surface area contributed by atoms with Gasteiger partial charge in [-0.2, -0.15) is 0 Å². The molecule has 0 aromatic rings. The van der Waals surface area contributed by atoms with E-state index in [1.807, 2.05) is 0 Å². The van der Waals surface area contributed by atoms with Crippen LogP contribution in [0.25, 0.3) is 0 Å². The van der Waals surface area contributed by atoms with E-state index in [0.717, 1.165) is 0 Å². The van der Waals surface area contributed by atoms with Crippen LogP contribution in [-0.2, 0) is 14.3 Å². The molecule has 0 bridgehead atoms. The minimum absolute atomic E-state index is 0. The van der Waals surface area contributed by atoms with Gasteiger partial charge in [-0.05, 0) is 13.3 Å². The molecule has 0 saturated heterocycles. The smallest absolute Gasteiger partial charge is 0.550 e. The third kappa shape index (κ3) is 10.6. The maximum atomic E-state index is 10.4. The zero-order valence-electron chi connectivity index (χ0n) is 6.75. The van der Waals surface area contributed by atoms with E-state index in [2.05, 4.69) is 4.74 Å². The van der Waals surface area contributed by atoms with Crippen LogP contribution >= 0.6 is 0 Å². The SMILES string of the molecule is CCOC(=O)CCC(=O)[O-].[K+]. The normalized spacial score (nSPS) is 8.09. The van der Waals surface area contributed by atoms with Gasteiger partial charge >= 0.3 is 57.4 Å². The predicted molar refractivity (Wildman–Crippen MR) is 30.9 cm³/mol. The van der Waals surface area contributed by atoms with Gasteiger partial charge in [-0.3, -0.25) is 4.79 Å². The fourth-order valence-corrected chi connectivity index (χ4v) is 0.437. The molecule has 0 aromatic carbocycles. The molecule has 0 spiro atoms. The van der Waals surface area contributed by atoms with E-state index < -0.39 is 11.9 Å². The Hall–Kier alpha value is 0.576. The molecule has 0 heterocycles. The average Bonchev–Trinajstić information content (AvgIpc) is 1.85. The van der Waals surface area contributed by atoms with Crippen molar-refractivity contribution in [1.29, 1.82) is 0 Å². The van der Waals surface area contributed by atoms with Crippen LogP contribution < -0.4 is 56.5 Å². The van der Waals surface area contributed by atoms with Crippen molar-refractivity contribution in [1.82, 2.24) is 0 Å². The zero-order chi connectivity index (χ0) is 7.98. The summed E-state index contributed by atoms with van der Waals surface area (Å²) in [6.07, 6.45) is -0.366. The van der Waals surface area contributed by atoms with Crippen LogP contribution in [0.4, 0.5) is 0 Å². The Bertz CT molecular complexity index is 135. The van der Waals surface area contributed by atoms with E-state index in [1.165, 1.54) is 0 Å². The first-order valence-corrected chi connectivity index (χ1v) is 3.02. The quantitative estimate of drug-likeness (QED) is 0.331. The first-order chi connectivity index (χ1) is 4.66. The van der Waals surface area contributed by atoms with E-state index in [9.17, 15) is 14.7 Å². The van der Waals surface area contributed by atoms with Crippen LogP contribution in [0.5, 0.6) is 0 Å². The van der Waals surface area contributed by atoms with Crippen molar-refractivity contribution in [3.8, 4) is 0 Å². The Balaban J connectivity index is 0. The molecule has 58 valence electrons. The number of carboxylic acid groups (broad SMARTS) is 1. The molecular formula is C6H9KO4. The van der Waals surface area contributed by atoms with Gasteiger partial charge in [0.25, 0.3) is 0 Å². The van der Waals surface area contributed by atoms with Gasteiger partial charge in [-0.25, -0.2) is 0 Å². The van der Waals surface area contributed by atoms with Crippen LogP contribution in [-0.4, -0.2) is 18.5 Å². The molecule has 0 N–H and O–H groups in total. The molecule has 0 radical (unpaired) electrons. The van der Waals surface area contributed by atoms with E-state index in [4.69, 9.17) is 0 Å². The maximum Gasteiger partial charge on any atom is 1.00 e. The number of carbonyl (C=O) groups is 2. The van der Waals surface area contributed by atoms with Crippen LogP contribution in [0.3, 0.4) is 0 Å². The second kappa shape index (κ2) is 8.67. The second-order valence-corrected chi connectivity index (χ2v) is 1.68. The average molecular weight is 184 g/mol. The van der Waals surface area contributed by atoms with Crippen molar-refractivity contribution in [3.05, 3.63) is 0 Å². The summed E-state index contributed by atoms with van der Waals surface area (Å²) >= 11 is 0. The van der Waals surface area contributed by atoms with Gasteiger partial charge in [0.2, 0.25) is 0 Å². The largest absolute Gasteiger partial charge is 1.00 e. The molecular weight excluding hydrogens is 175 g/mol. The van der Waals surface area contributed by atoms with Crippen LogP contribution in [0, 0.1) is 0 Å². The summed E-state index contributed by atoms with van der Waals surface area (Å²) in [6, 6.07) is 0. The summed E-state index contributed by atoms with van der Waals surface area (Å²) in [5, 5.41) is 9.79. The Kier molecular flexibility index (Phi) is 11.1. The number of rotatable bonds is 4. The number of ether oxygens (including phenoxy) is 1. The summed E-state index contributed by atoms with van der Waals surface area (Å²) in [7, 11) is 0. The van der Waals surface area contributed by atoms with Crippen LogP contribution in [0.15, 0.2) is 0 Å². The molecule has 0 aliphatic carbocycles. The van der Waals surface area contributed by atoms with Crippen LogP contribution in [0.1, 0.15) is 19.8 Å². The number of esters is 1. The van der Waals surface area contributed by atoms with Gasteiger partial charge in [-0.1, -0.05) is 0 Å². The van der Waals surface area contributed by atoms with Gasteiger partial charge in [0.1, 0.15) is 0 Å². The van der Waals surface area contributed by atoms with Crippen molar-refractivity contribution in [3.63, 3.8) is 0 Å². The first kappa shape index (κ1) is 14.1. The van der Waals surface area contributed by atoms with Crippen molar-refractivity contribution in [2.24, 2.45) is 0 Å². The predicted octanol–water partition coefficient (Wildman–Crippen LogP) is -3.92. The van der Waals surface area contributed by atoms with Crippen molar-refractivity contribution < 1.29 is 70.8 Å². The molecule has 4 nitrogen and oxygen atoms in total. The fourth-order valence-electron chi connectivity index (χ4n) is 0.437. The van der Waals surface area contributed by atoms with Crippen molar-refractivity contribution >= 4 is 11.9 Å². The molecule has 5 heteroatoms. The zero-order valence-corrected chi connectivity index (χ0v) is 9.88. The standard InChI is InChI=1S/C6H10O4.K/c1-2-10-6(9)4-3-5(7)8;/h2-4H2,1H3,(H,7,8);/q;+1/p-1. The monoisotopic (exact) mass is 184 g/mol. The molecule has 0 aliphatic heterocycles. The van der Waals surface area contributed by atoms with Gasteiger partial charge in [0.15, 0.2) is 0 Å². The molecule has 0 aliphatic rings. The summed E-state index contributed by atoms with van der Waals surface area (Å²) < 4.78 is 4.46. The summed E-state index contributed by atoms with van der Waals surface area (Å²) in [5.74, 6) is -1.72. The number of aliphatic carboxylic acids is 1. The first-order valence-electron chi connectivity index (χ1n) is 3.02. The number of hydrogen-bond donors (Lipinski definition) is 0. The molecule has 11 heavy (non-hydrogen) atoms. The molecule has 0 amide bonds. The third-order valence-electron chi connectivity index (χ3n) is 0.839. The van der Waals surface area contributed by atoms with Gasteiger partial charge in [0, 0.05) is 5.97 Å². The Labute approximate surface area is 108 Å². The fraction of sp³-hybridized carbons (Fsp3) is 0.667. The number of hydrogen-bond acceptors (Lipinski definition) is 4. The van der Waals surface area contributed by atoms with E-state index in [1.54, 1.807) is 6.92 Å². The Morgan fingerprint density at radius 1 is 1.36 bits per heavy atom. The molecule has 0 fully saturated rings. The Morgan fingerprint density at radius 2 is 1.91 bits per heavy atom. The molecule has 0 unspecified atom stereocenters. The summed E-state index contributed by atoms with van der Waals surface area (Å²) in [5.41, 5.74) is 0. The third-order valence-corrected chi connectivity index (χ3v) is 0.839. The van der Waals surface area contributed by atoms with Gasteiger partial charge in [-0.15, -0.1) is 0 Å². The molecule has 0 saturated carbocycles. The van der Waals surface area contributed by atoms with Gasteiger partial charge < -0.3 is 14.6 Å². The van der Waals surface area contributed by atoms with Gasteiger partial charge in [0.05, 0.1) is 13.0 Å². The van der Waals surface area contributed by atoms with Crippen molar-refractivity contribution in [2.45, 2.75) is 19.8 Å². The summed E-state index contributed by atoms with van der Waals surface area (Å²) in [6.45, 7) is 1.95. The van der Waals surface area contributed by atoms with Crippen LogP contribution in [0.2, 0.25) is 0 Å². The number of carboxylic acids is 1. The number of carbonyl (C=O) groups excluding carboxylic acids is 2.